The number of carbonyl (C=O) groups is 1. The van der Waals surface area contributed by atoms with Crippen molar-refractivity contribution in [1.29, 1.82) is 0 Å². The van der Waals surface area contributed by atoms with Crippen LogP contribution in [0.15, 0.2) is 45.3 Å². The number of hydrogen-bond acceptors (Lipinski definition) is 7. The summed E-state index contributed by atoms with van der Waals surface area (Å²) >= 11 is 1.54. The second-order valence-electron chi connectivity index (χ2n) is 7.72. The van der Waals surface area contributed by atoms with E-state index in [1.807, 2.05) is 30.5 Å². The number of rotatable bonds is 6. The number of pyridine rings is 1. The zero-order valence-electron chi connectivity index (χ0n) is 17.8. The summed E-state index contributed by atoms with van der Waals surface area (Å²) in [5.74, 6) is -0.0594. The van der Waals surface area contributed by atoms with Gasteiger partial charge in [0, 0.05) is 24.2 Å². The van der Waals surface area contributed by atoms with E-state index in [2.05, 4.69) is 15.5 Å². The Labute approximate surface area is 191 Å². The Bertz CT molecular complexity index is 1220. The molecule has 0 unspecified atom stereocenters. The summed E-state index contributed by atoms with van der Waals surface area (Å²) in [5.41, 5.74) is 1.29. The van der Waals surface area contributed by atoms with Gasteiger partial charge in [-0.05, 0) is 61.9 Å². The highest BCUT2D eigenvalue weighted by Gasteiger charge is 2.37. The number of piperidine rings is 1. The first kappa shape index (κ1) is 22.4. The smallest absolute Gasteiger partial charge is 0.248 e. The van der Waals surface area contributed by atoms with Crippen LogP contribution in [0.25, 0.3) is 12.2 Å². The maximum absolute atomic E-state index is 13.5. The van der Waals surface area contributed by atoms with Gasteiger partial charge < -0.3 is 9.84 Å². The number of sulfonamides is 1. The van der Waals surface area contributed by atoms with Gasteiger partial charge in [-0.2, -0.15) is 4.31 Å². The molecule has 1 N–H and O–H groups in total. The molecule has 32 heavy (non-hydrogen) atoms. The summed E-state index contributed by atoms with van der Waals surface area (Å²) in [7, 11) is -3.88. The summed E-state index contributed by atoms with van der Waals surface area (Å²) in [5, 5.41) is 8.61. The van der Waals surface area contributed by atoms with E-state index in [0.717, 1.165) is 10.4 Å². The molecule has 10 heteroatoms. The van der Waals surface area contributed by atoms with Crippen molar-refractivity contribution < 1.29 is 17.7 Å². The Balaban J connectivity index is 1.52. The average molecular weight is 473 g/mol. The molecular weight excluding hydrogens is 448 g/mol. The molecule has 0 bridgehead atoms. The van der Waals surface area contributed by atoms with Crippen LogP contribution in [0.1, 0.15) is 34.7 Å². The number of amides is 1. The average Bonchev–Trinajstić information content (AvgIpc) is 3.43. The Hall–Kier alpha value is -2.82. The quantitative estimate of drug-likeness (QED) is 0.582. The molecule has 168 valence electrons. The zero-order valence-corrected chi connectivity index (χ0v) is 19.4. The van der Waals surface area contributed by atoms with Crippen molar-refractivity contribution in [1.82, 2.24) is 14.4 Å². The molecule has 0 aliphatic carbocycles. The highest BCUT2D eigenvalue weighted by Crippen LogP contribution is 2.30. The number of aromatic nitrogens is 2. The number of anilines is 1. The lowest BCUT2D eigenvalue weighted by Crippen LogP contribution is -2.44. The van der Waals surface area contributed by atoms with Crippen molar-refractivity contribution in [2.24, 2.45) is 5.92 Å². The number of carbonyl (C=O) groups excluding carboxylic acids is 1. The molecule has 0 spiro atoms. The molecule has 1 fully saturated rings. The minimum absolute atomic E-state index is 0.0477. The van der Waals surface area contributed by atoms with Gasteiger partial charge in [0.15, 0.2) is 10.7 Å². The van der Waals surface area contributed by atoms with Gasteiger partial charge in [0.05, 0.1) is 5.92 Å². The molecule has 0 radical (unpaired) electrons. The number of nitrogens with zero attached hydrogens (tertiary/aromatic N) is 3. The monoisotopic (exact) mass is 472 g/mol. The molecule has 3 aromatic rings. The first-order chi connectivity index (χ1) is 15.3. The number of nitrogens with one attached hydrogen (secondary N) is 1. The van der Waals surface area contributed by atoms with Gasteiger partial charge in [-0.1, -0.05) is 17.3 Å². The molecule has 4 rings (SSSR count). The third-order valence-electron chi connectivity index (χ3n) is 5.29. The van der Waals surface area contributed by atoms with E-state index in [9.17, 15) is 13.2 Å². The maximum atomic E-state index is 13.5. The summed E-state index contributed by atoms with van der Waals surface area (Å²) < 4.78 is 33.6. The minimum Gasteiger partial charge on any atom is -0.355 e. The minimum atomic E-state index is -3.88. The number of hydrogen-bond donors (Lipinski definition) is 1. The van der Waals surface area contributed by atoms with Crippen LogP contribution in [-0.2, 0) is 14.8 Å². The molecule has 0 saturated carbocycles. The Morgan fingerprint density at radius 3 is 2.84 bits per heavy atom. The fraction of sp³-hybridized carbons (Fsp3) is 0.318. The molecule has 1 atom stereocenters. The lowest BCUT2D eigenvalue weighted by Gasteiger charge is -2.31. The van der Waals surface area contributed by atoms with E-state index in [1.54, 1.807) is 31.3 Å². The second kappa shape index (κ2) is 9.35. The van der Waals surface area contributed by atoms with Crippen molar-refractivity contribution in [3.8, 4) is 0 Å². The van der Waals surface area contributed by atoms with Crippen LogP contribution in [0.5, 0.6) is 0 Å². The van der Waals surface area contributed by atoms with Crippen LogP contribution >= 0.6 is 11.3 Å². The van der Waals surface area contributed by atoms with Gasteiger partial charge in [-0.3, -0.25) is 4.79 Å². The molecule has 1 aliphatic heterocycles. The fourth-order valence-corrected chi connectivity index (χ4v) is 6.01. The molecule has 0 aromatic carbocycles. The second-order valence-corrected chi connectivity index (χ2v) is 10.6. The van der Waals surface area contributed by atoms with Crippen LogP contribution in [0.4, 0.5) is 5.82 Å². The van der Waals surface area contributed by atoms with Gasteiger partial charge in [0.2, 0.25) is 15.9 Å². The normalized spacial score (nSPS) is 17.6. The van der Waals surface area contributed by atoms with Gasteiger partial charge in [0.25, 0.3) is 0 Å². The third kappa shape index (κ3) is 4.82. The van der Waals surface area contributed by atoms with Crippen molar-refractivity contribution in [2.45, 2.75) is 31.6 Å². The van der Waals surface area contributed by atoms with Crippen molar-refractivity contribution in [3.05, 3.63) is 57.7 Å². The van der Waals surface area contributed by atoms with Crippen molar-refractivity contribution in [2.75, 3.05) is 18.4 Å². The summed E-state index contributed by atoms with van der Waals surface area (Å²) in [6, 6.07) is 7.44. The lowest BCUT2D eigenvalue weighted by molar-refractivity contribution is -0.120. The van der Waals surface area contributed by atoms with Gasteiger partial charge in [-0.15, -0.1) is 11.3 Å². The van der Waals surface area contributed by atoms with Crippen molar-refractivity contribution >= 4 is 45.2 Å². The van der Waals surface area contributed by atoms with E-state index >= 15 is 0 Å². The molecule has 1 saturated heterocycles. The van der Waals surface area contributed by atoms with Crippen LogP contribution in [0, 0.1) is 19.8 Å². The largest absolute Gasteiger partial charge is 0.355 e. The van der Waals surface area contributed by atoms with Crippen LogP contribution in [0.3, 0.4) is 0 Å². The topological polar surface area (TPSA) is 105 Å². The standard InChI is InChI=1S/C22H24N4O4S2/c1-15-7-10-20(23-13-15)24-22(27)17-5-3-11-26(14-17)32(28,29)21-16(2)25-30-19(21)9-8-18-6-4-12-31-18/h4,6-10,12-13,17H,3,5,11,14H2,1-2H3,(H,23,24,27)/b9-8+/t17-/m1/s1. The summed E-state index contributed by atoms with van der Waals surface area (Å²) in [6.07, 6.45) is 6.29. The molecular formula is C22H24N4O4S2. The third-order valence-corrected chi connectivity index (χ3v) is 8.15. The highest BCUT2D eigenvalue weighted by molar-refractivity contribution is 7.89. The first-order valence-electron chi connectivity index (χ1n) is 10.3. The predicted octanol–water partition coefficient (Wildman–Crippen LogP) is 3.96. The van der Waals surface area contributed by atoms with E-state index in [0.29, 0.717) is 30.9 Å². The summed E-state index contributed by atoms with van der Waals surface area (Å²) in [4.78, 5) is 18.0. The number of aryl methyl sites for hydroxylation is 2. The molecule has 8 nitrogen and oxygen atoms in total. The zero-order chi connectivity index (χ0) is 22.7. The highest BCUT2D eigenvalue weighted by atomic mass is 32.2. The SMILES string of the molecule is Cc1ccc(NC(=O)[C@@H]2CCCN(S(=O)(=O)c3c(C)noc3/C=C/c3cccs3)C2)nc1. The van der Waals surface area contributed by atoms with E-state index in [1.165, 1.54) is 15.6 Å². The summed E-state index contributed by atoms with van der Waals surface area (Å²) in [6.45, 7) is 3.96. The molecule has 4 heterocycles. The Morgan fingerprint density at radius 1 is 1.28 bits per heavy atom. The Morgan fingerprint density at radius 2 is 2.12 bits per heavy atom. The molecule has 3 aromatic heterocycles. The van der Waals surface area contributed by atoms with Gasteiger partial charge in [0.1, 0.15) is 11.5 Å². The maximum Gasteiger partial charge on any atom is 0.248 e. The molecule has 1 aliphatic rings. The predicted molar refractivity (Wildman–Crippen MR) is 124 cm³/mol. The van der Waals surface area contributed by atoms with E-state index < -0.39 is 15.9 Å². The van der Waals surface area contributed by atoms with Crippen molar-refractivity contribution in [3.63, 3.8) is 0 Å². The van der Waals surface area contributed by atoms with Gasteiger partial charge >= 0.3 is 0 Å². The molecule has 1 amide bonds. The van der Waals surface area contributed by atoms with Gasteiger partial charge in [-0.25, -0.2) is 13.4 Å². The van der Waals surface area contributed by atoms with Crippen LogP contribution in [-0.4, -0.2) is 41.9 Å². The fourth-order valence-electron chi connectivity index (χ4n) is 3.62. The number of thiophene rings is 1. The van der Waals surface area contributed by atoms with E-state index in [-0.39, 0.29) is 23.1 Å². The van der Waals surface area contributed by atoms with Crippen LogP contribution < -0.4 is 5.32 Å². The Kier molecular flexibility index (Phi) is 6.54. The van der Waals surface area contributed by atoms with Crippen LogP contribution in [0.2, 0.25) is 0 Å². The lowest BCUT2D eigenvalue weighted by atomic mass is 9.99. The first-order valence-corrected chi connectivity index (χ1v) is 12.6. The van der Waals surface area contributed by atoms with E-state index in [4.69, 9.17) is 4.52 Å².